The maximum absolute atomic E-state index is 13.3. The molecule has 0 aromatic heterocycles. The predicted molar refractivity (Wildman–Crippen MR) is 112 cm³/mol. The third kappa shape index (κ3) is 4.05. The molecule has 2 aliphatic rings. The zero-order chi connectivity index (χ0) is 21.8. The third-order valence-corrected chi connectivity index (χ3v) is 6.01. The van der Waals surface area contributed by atoms with E-state index in [2.05, 4.69) is 10.6 Å². The smallest absolute Gasteiger partial charge is 0.247 e. The molecule has 0 saturated carbocycles. The molecule has 1 aromatic rings. The number of aliphatic hydroxyl groups is 1. The van der Waals surface area contributed by atoms with E-state index in [0.29, 0.717) is 17.9 Å². The van der Waals surface area contributed by atoms with Gasteiger partial charge in [-0.15, -0.1) is 0 Å². The Morgan fingerprint density at radius 2 is 1.87 bits per heavy atom. The van der Waals surface area contributed by atoms with Crippen molar-refractivity contribution in [1.82, 2.24) is 10.2 Å². The molecule has 3 amide bonds. The van der Waals surface area contributed by atoms with Crippen molar-refractivity contribution < 1.29 is 24.2 Å². The molecule has 1 heterocycles. The van der Waals surface area contributed by atoms with Gasteiger partial charge in [0.15, 0.2) is 0 Å². The second kappa shape index (κ2) is 9.30. The molecule has 1 fully saturated rings. The highest BCUT2D eigenvalue weighted by molar-refractivity contribution is 6.01. The number of carbonyl (C=O) groups excluding carboxylic acids is 3. The van der Waals surface area contributed by atoms with E-state index in [1.165, 1.54) is 4.90 Å². The predicted octanol–water partition coefficient (Wildman–Crippen LogP) is 1.03. The van der Waals surface area contributed by atoms with E-state index in [9.17, 15) is 19.5 Å². The number of hydrogen-bond donors (Lipinski definition) is 3. The number of allylic oxidation sites excluding steroid dienone is 1. The van der Waals surface area contributed by atoms with Crippen LogP contribution in [-0.2, 0) is 14.4 Å². The molecular weight excluding hydrogens is 386 g/mol. The molecule has 0 spiro atoms. The highest BCUT2D eigenvalue weighted by atomic mass is 16.5. The van der Waals surface area contributed by atoms with Crippen molar-refractivity contribution in [3.8, 4) is 5.75 Å². The fourth-order valence-corrected chi connectivity index (χ4v) is 4.53. The highest BCUT2D eigenvalue weighted by Crippen LogP contribution is 2.44. The maximum Gasteiger partial charge on any atom is 0.247 e. The zero-order valence-electron chi connectivity index (χ0n) is 17.5. The van der Waals surface area contributed by atoms with Crippen LogP contribution in [0.5, 0.6) is 5.75 Å². The van der Waals surface area contributed by atoms with Crippen LogP contribution < -0.4 is 15.4 Å². The summed E-state index contributed by atoms with van der Waals surface area (Å²) in [6, 6.07) is 6.20. The molecular formula is C22H29N3O5. The second-order valence-corrected chi connectivity index (χ2v) is 7.76. The zero-order valence-corrected chi connectivity index (χ0v) is 17.5. The molecule has 5 atom stereocenters. The van der Waals surface area contributed by atoms with E-state index in [1.54, 1.807) is 38.4 Å². The monoisotopic (exact) mass is 415 g/mol. The summed E-state index contributed by atoms with van der Waals surface area (Å²) < 4.78 is 5.14. The first-order valence-corrected chi connectivity index (χ1v) is 10.2. The molecule has 1 saturated heterocycles. The first kappa shape index (κ1) is 21.8. The lowest BCUT2D eigenvalue weighted by Gasteiger charge is -2.32. The van der Waals surface area contributed by atoms with E-state index in [0.717, 1.165) is 0 Å². The number of anilines is 1. The lowest BCUT2D eigenvalue weighted by Crippen LogP contribution is -2.45. The minimum Gasteiger partial charge on any atom is -0.497 e. The molecule has 0 bridgehead atoms. The average Bonchev–Trinajstić information content (AvgIpc) is 3.04. The van der Waals surface area contributed by atoms with Crippen LogP contribution in [0.25, 0.3) is 0 Å². The van der Waals surface area contributed by atoms with Crippen LogP contribution in [0.1, 0.15) is 13.3 Å². The molecule has 1 aliphatic carbocycles. The Bertz CT molecular complexity index is 823. The summed E-state index contributed by atoms with van der Waals surface area (Å²) in [5.41, 5.74) is 0.592. The lowest BCUT2D eigenvalue weighted by molar-refractivity contribution is -0.140. The summed E-state index contributed by atoms with van der Waals surface area (Å²) in [5, 5.41) is 14.8. The number of likely N-dealkylation sites (tertiary alicyclic amines) is 1. The summed E-state index contributed by atoms with van der Waals surface area (Å²) in [7, 11) is 3.12. The number of amides is 3. The number of fused-ring (bicyclic) bond motifs is 1. The maximum atomic E-state index is 13.3. The van der Waals surface area contributed by atoms with Crippen LogP contribution in [0.2, 0.25) is 0 Å². The minimum atomic E-state index is -0.743. The third-order valence-electron chi connectivity index (χ3n) is 6.01. The van der Waals surface area contributed by atoms with Gasteiger partial charge in [0.1, 0.15) is 11.8 Å². The van der Waals surface area contributed by atoms with E-state index in [1.807, 2.05) is 19.1 Å². The Morgan fingerprint density at radius 3 is 2.47 bits per heavy atom. The summed E-state index contributed by atoms with van der Waals surface area (Å²) in [6.07, 6.45) is 4.17. The van der Waals surface area contributed by atoms with E-state index >= 15 is 0 Å². The molecule has 3 N–H and O–H groups in total. The molecule has 162 valence electrons. The Labute approximate surface area is 176 Å². The number of ether oxygens (including phenoxy) is 1. The van der Waals surface area contributed by atoms with Gasteiger partial charge in [0.25, 0.3) is 0 Å². The van der Waals surface area contributed by atoms with Gasteiger partial charge in [-0.3, -0.25) is 14.4 Å². The van der Waals surface area contributed by atoms with E-state index in [4.69, 9.17) is 4.74 Å². The molecule has 0 radical (unpaired) electrons. The van der Waals surface area contributed by atoms with Gasteiger partial charge in [-0.1, -0.05) is 19.1 Å². The number of rotatable bonds is 7. The lowest BCUT2D eigenvalue weighted by atomic mass is 9.70. The van der Waals surface area contributed by atoms with Crippen LogP contribution in [0, 0.1) is 23.7 Å². The van der Waals surface area contributed by atoms with Crippen molar-refractivity contribution in [2.75, 3.05) is 32.6 Å². The number of aliphatic hydroxyl groups excluding tert-OH is 1. The first-order chi connectivity index (χ1) is 14.4. The molecule has 1 aliphatic heterocycles. The summed E-state index contributed by atoms with van der Waals surface area (Å²) in [6.45, 7) is 2.07. The standard InChI is InChI=1S/C22H29N3O5/c1-13-5-10-16-18(17(13)20(27)23-2)22(29)25(11-4-12-26)19(16)21(28)24-14-6-8-15(30-3)9-7-14/h5-10,13,16-19,26H,4,11-12H2,1-3H3,(H,23,27)(H,24,28)/t13-,16+,17-,18-,19+/m1/s1. The highest BCUT2D eigenvalue weighted by Gasteiger charge is 2.56. The van der Waals surface area contributed by atoms with Gasteiger partial charge >= 0.3 is 0 Å². The number of nitrogens with zero attached hydrogens (tertiary/aromatic N) is 1. The number of methoxy groups -OCH3 is 1. The SMILES string of the molecule is CNC(=O)[C@H]1[C@@H]2C(=O)N(CCCO)[C@H](C(=O)Nc3ccc(OC)cc3)[C@H]2C=C[C@H]1C. The van der Waals surface area contributed by atoms with Gasteiger partial charge < -0.3 is 25.4 Å². The van der Waals surface area contributed by atoms with Gasteiger partial charge in [-0.25, -0.2) is 0 Å². The van der Waals surface area contributed by atoms with Crippen molar-refractivity contribution in [2.45, 2.75) is 19.4 Å². The van der Waals surface area contributed by atoms with Gasteiger partial charge in [0.05, 0.1) is 18.9 Å². The first-order valence-electron chi connectivity index (χ1n) is 10.2. The summed E-state index contributed by atoms with van der Waals surface area (Å²) in [4.78, 5) is 40.6. The van der Waals surface area contributed by atoms with Gasteiger partial charge in [-0.2, -0.15) is 0 Å². The number of benzene rings is 1. The van der Waals surface area contributed by atoms with Crippen molar-refractivity contribution in [2.24, 2.45) is 23.7 Å². The number of carbonyl (C=O) groups is 3. The Hall–Kier alpha value is -2.87. The second-order valence-electron chi connectivity index (χ2n) is 7.76. The molecule has 8 heteroatoms. The summed E-state index contributed by atoms with van der Waals surface area (Å²) >= 11 is 0. The largest absolute Gasteiger partial charge is 0.497 e. The van der Waals surface area contributed by atoms with Crippen LogP contribution in [0.4, 0.5) is 5.69 Å². The van der Waals surface area contributed by atoms with Gasteiger partial charge in [-0.05, 0) is 36.6 Å². The van der Waals surface area contributed by atoms with Crippen molar-refractivity contribution in [1.29, 1.82) is 0 Å². The van der Waals surface area contributed by atoms with Gasteiger partial charge in [0.2, 0.25) is 17.7 Å². The molecule has 3 rings (SSSR count). The molecule has 1 aromatic carbocycles. The topological polar surface area (TPSA) is 108 Å². The van der Waals surface area contributed by atoms with Crippen LogP contribution in [-0.4, -0.2) is 61.1 Å². The van der Waals surface area contributed by atoms with Gasteiger partial charge in [0, 0.05) is 31.8 Å². The van der Waals surface area contributed by atoms with Crippen LogP contribution in [0.3, 0.4) is 0 Å². The summed E-state index contributed by atoms with van der Waals surface area (Å²) in [5.74, 6) is -1.71. The van der Waals surface area contributed by atoms with E-state index < -0.39 is 23.8 Å². The van der Waals surface area contributed by atoms with Crippen molar-refractivity contribution >= 4 is 23.4 Å². The minimum absolute atomic E-state index is 0.0863. The van der Waals surface area contributed by atoms with Crippen LogP contribution >= 0.6 is 0 Å². The molecule has 0 unspecified atom stereocenters. The Balaban J connectivity index is 1.91. The molecule has 30 heavy (non-hydrogen) atoms. The fourth-order valence-electron chi connectivity index (χ4n) is 4.53. The Morgan fingerprint density at radius 1 is 1.17 bits per heavy atom. The normalized spacial score (nSPS) is 27.5. The van der Waals surface area contributed by atoms with Crippen molar-refractivity contribution in [3.05, 3.63) is 36.4 Å². The molecule has 8 nitrogen and oxygen atoms in total. The fraction of sp³-hybridized carbons (Fsp3) is 0.500. The Kier molecular flexibility index (Phi) is 6.77. The quantitative estimate of drug-likeness (QED) is 0.577. The average molecular weight is 415 g/mol. The number of hydrogen-bond acceptors (Lipinski definition) is 5. The van der Waals surface area contributed by atoms with Crippen molar-refractivity contribution in [3.63, 3.8) is 0 Å². The van der Waals surface area contributed by atoms with Crippen LogP contribution in [0.15, 0.2) is 36.4 Å². The van der Waals surface area contributed by atoms with E-state index in [-0.39, 0.29) is 36.8 Å². The number of nitrogens with one attached hydrogen (secondary N) is 2.